The van der Waals surface area contributed by atoms with Crippen molar-refractivity contribution in [3.8, 4) is 0 Å². The Morgan fingerprint density at radius 2 is 1.88 bits per heavy atom. The number of amides is 1. The number of fused-ring (bicyclic) bond motifs is 3. The van der Waals surface area contributed by atoms with Gasteiger partial charge in [0.15, 0.2) is 0 Å². The van der Waals surface area contributed by atoms with E-state index in [9.17, 15) is 18.0 Å². The van der Waals surface area contributed by atoms with Crippen LogP contribution in [-0.4, -0.2) is 10.9 Å². The van der Waals surface area contributed by atoms with Crippen molar-refractivity contribution >= 4 is 33.0 Å². The molecular weight excluding hydrogens is 339 g/mol. The number of benzene rings is 1. The Morgan fingerprint density at radius 3 is 2.67 bits per heavy atom. The number of hydrogen-bond donors (Lipinski definition) is 2. The molecule has 24 heavy (non-hydrogen) atoms. The molecule has 0 bridgehead atoms. The lowest BCUT2D eigenvalue weighted by Crippen LogP contribution is -2.39. The van der Waals surface area contributed by atoms with Crippen LogP contribution in [0.4, 0.5) is 18.9 Å². The molecule has 0 fully saturated rings. The Balaban J connectivity index is 1.83. The van der Waals surface area contributed by atoms with E-state index in [1.54, 1.807) is 0 Å². The van der Waals surface area contributed by atoms with E-state index >= 15 is 0 Å². The fourth-order valence-corrected chi connectivity index (χ4v) is 3.82. The Hall–Kier alpha value is -2.61. The minimum Gasteiger partial charge on any atom is -0.358 e. The summed E-state index contributed by atoms with van der Waals surface area (Å²) in [6.07, 6.45) is -4.31. The maximum Gasteiger partial charge on any atom is 0.418 e. The van der Waals surface area contributed by atoms with E-state index in [1.165, 1.54) is 23.6 Å². The van der Waals surface area contributed by atoms with Crippen LogP contribution >= 0.6 is 11.3 Å². The predicted octanol–water partition coefficient (Wildman–Crippen LogP) is 4.17. The van der Waals surface area contributed by atoms with Crippen LogP contribution in [0.25, 0.3) is 10.1 Å². The number of carbonyl (C=O) groups excluding carboxylic acids is 1. The van der Waals surface area contributed by atoms with Gasteiger partial charge in [0.1, 0.15) is 11.0 Å². The Morgan fingerprint density at radius 1 is 1.08 bits per heavy atom. The SMILES string of the molecule is O=C1NC(c2ncccc2C(F)(F)F)Nc2c1sc1ccccc21. The number of thiophene rings is 1. The highest BCUT2D eigenvalue weighted by molar-refractivity contribution is 7.21. The van der Waals surface area contributed by atoms with Gasteiger partial charge in [-0.1, -0.05) is 18.2 Å². The van der Waals surface area contributed by atoms with Gasteiger partial charge in [0.25, 0.3) is 5.91 Å². The fraction of sp³-hybridized carbons (Fsp3) is 0.125. The molecule has 1 unspecified atom stereocenters. The highest BCUT2D eigenvalue weighted by Crippen LogP contribution is 2.41. The lowest BCUT2D eigenvalue weighted by atomic mass is 10.1. The van der Waals surface area contributed by atoms with Crippen molar-refractivity contribution in [1.29, 1.82) is 0 Å². The summed E-state index contributed by atoms with van der Waals surface area (Å²) in [5.74, 6) is -0.409. The largest absolute Gasteiger partial charge is 0.418 e. The monoisotopic (exact) mass is 349 g/mol. The number of hydrogen-bond acceptors (Lipinski definition) is 4. The van der Waals surface area contributed by atoms with Crippen molar-refractivity contribution in [3.63, 3.8) is 0 Å². The predicted molar refractivity (Wildman–Crippen MR) is 84.9 cm³/mol. The van der Waals surface area contributed by atoms with Gasteiger partial charge in [-0.25, -0.2) is 0 Å². The third-order valence-electron chi connectivity index (χ3n) is 3.78. The van der Waals surface area contributed by atoms with Gasteiger partial charge in [0, 0.05) is 16.3 Å². The van der Waals surface area contributed by atoms with E-state index in [0.717, 1.165) is 16.2 Å². The van der Waals surface area contributed by atoms with Crippen molar-refractivity contribution in [2.45, 2.75) is 12.3 Å². The molecule has 1 aliphatic rings. The Bertz CT molecular complexity index is 951. The van der Waals surface area contributed by atoms with E-state index in [2.05, 4.69) is 15.6 Å². The van der Waals surface area contributed by atoms with Crippen molar-refractivity contribution in [2.75, 3.05) is 5.32 Å². The molecule has 0 saturated carbocycles. The van der Waals surface area contributed by atoms with E-state index in [1.807, 2.05) is 24.3 Å². The smallest absolute Gasteiger partial charge is 0.358 e. The summed E-state index contributed by atoms with van der Waals surface area (Å²) in [5.41, 5.74) is -0.576. The van der Waals surface area contributed by atoms with E-state index in [4.69, 9.17) is 0 Å². The standard InChI is InChI=1S/C16H10F3N3OS/c17-16(18,19)9-5-3-7-20-12(9)14-21-11-8-4-1-2-6-10(8)24-13(11)15(23)22-14/h1-7,14,21H,(H,22,23). The second kappa shape index (κ2) is 5.20. The van der Waals surface area contributed by atoms with Crippen molar-refractivity contribution in [2.24, 2.45) is 0 Å². The maximum absolute atomic E-state index is 13.2. The molecule has 2 N–H and O–H groups in total. The van der Waals surface area contributed by atoms with Crippen molar-refractivity contribution in [3.05, 3.63) is 58.7 Å². The highest BCUT2D eigenvalue weighted by atomic mass is 32.1. The first-order valence-corrected chi connectivity index (χ1v) is 7.88. The summed E-state index contributed by atoms with van der Waals surface area (Å²) in [5, 5.41) is 6.36. The summed E-state index contributed by atoms with van der Waals surface area (Å²) in [4.78, 5) is 16.7. The number of aromatic nitrogens is 1. The number of halogens is 3. The van der Waals surface area contributed by atoms with Gasteiger partial charge < -0.3 is 10.6 Å². The van der Waals surface area contributed by atoms with E-state index < -0.39 is 23.8 Å². The number of rotatable bonds is 1. The number of anilines is 1. The van der Waals surface area contributed by atoms with Gasteiger partial charge in [-0.05, 0) is 18.2 Å². The van der Waals surface area contributed by atoms with Crippen molar-refractivity contribution in [1.82, 2.24) is 10.3 Å². The zero-order chi connectivity index (χ0) is 16.9. The maximum atomic E-state index is 13.2. The van der Waals surface area contributed by atoms with Gasteiger partial charge in [-0.3, -0.25) is 9.78 Å². The van der Waals surface area contributed by atoms with Gasteiger partial charge in [-0.15, -0.1) is 11.3 Å². The quantitative estimate of drug-likeness (QED) is 0.693. The first-order valence-electron chi connectivity index (χ1n) is 7.06. The summed E-state index contributed by atoms with van der Waals surface area (Å²) in [6.45, 7) is 0. The van der Waals surface area contributed by atoms with Crippen LogP contribution in [0.2, 0.25) is 0 Å². The average molecular weight is 349 g/mol. The number of nitrogens with zero attached hydrogens (tertiary/aromatic N) is 1. The number of nitrogens with one attached hydrogen (secondary N) is 2. The van der Waals surface area contributed by atoms with Gasteiger partial charge >= 0.3 is 6.18 Å². The van der Waals surface area contributed by atoms with Crippen LogP contribution in [0.3, 0.4) is 0 Å². The minimum absolute atomic E-state index is 0.251. The lowest BCUT2D eigenvalue weighted by molar-refractivity contribution is -0.138. The molecule has 0 spiro atoms. The fourth-order valence-electron chi connectivity index (χ4n) is 2.75. The molecule has 0 saturated heterocycles. The molecular formula is C16H10F3N3OS. The van der Waals surface area contributed by atoms with Gasteiger partial charge in [-0.2, -0.15) is 13.2 Å². The topological polar surface area (TPSA) is 54.0 Å². The molecule has 1 aliphatic heterocycles. The molecule has 1 amide bonds. The lowest BCUT2D eigenvalue weighted by Gasteiger charge is -2.27. The molecule has 3 heterocycles. The molecule has 0 radical (unpaired) electrons. The van der Waals surface area contributed by atoms with E-state index in [-0.39, 0.29) is 5.69 Å². The Kier molecular flexibility index (Phi) is 3.24. The van der Waals surface area contributed by atoms with Crippen LogP contribution in [0.1, 0.15) is 27.1 Å². The minimum atomic E-state index is -4.55. The molecule has 3 aromatic rings. The zero-order valence-corrected chi connectivity index (χ0v) is 12.8. The van der Waals surface area contributed by atoms with Crippen LogP contribution in [0.15, 0.2) is 42.6 Å². The molecule has 4 nitrogen and oxygen atoms in total. The molecule has 0 aliphatic carbocycles. The number of pyridine rings is 1. The second-order valence-electron chi connectivity index (χ2n) is 5.29. The third kappa shape index (κ3) is 2.30. The number of alkyl halides is 3. The summed E-state index contributed by atoms with van der Waals surface area (Å²) in [6, 6.07) is 9.54. The molecule has 1 aromatic carbocycles. The second-order valence-corrected chi connectivity index (χ2v) is 6.34. The van der Waals surface area contributed by atoms with E-state index in [0.29, 0.717) is 10.6 Å². The third-order valence-corrected chi connectivity index (χ3v) is 4.95. The van der Waals surface area contributed by atoms with Crippen LogP contribution in [0, 0.1) is 0 Å². The van der Waals surface area contributed by atoms with Crippen LogP contribution in [0.5, 0.6) is 0 Å². The highest BCUT2D eigenvalue weighted by Gasteiger charge is 2.38. The van der Waals surface area contributed by atoms with Crippen molar-refractivity contribution < 1.29 is 18.0 Å². The molecule has 1 atom stereocenters. The summed E-state index contributed by atoms with van der Waals surface area (Å²) < 4.78 is 40.5. The molecule has 8 heteroatoms. The first kappa shape index (κ1) is 14.9. The normalized spacial score (nSPS) is 17.3. The van der Waals surface area contributed by atoms with Gasteiger partial charge in [0.05, 0.1) is 16.9 Å². The summed E-state index contributed by atoms with van der Waals surface area (Å²) >= 11 is 1.30. The molecule has 2 aromatic heterocycles. The first-order chi connectivity index (χ1) is 11.4. The summed E-state index contributed by atoms with van der Waals surface area (Å²) in [7, 11) is 0. The Labute approximate surface area is 138 Å². The molecule has 4 rings (SSSR count). The van der Waals surface area contributed by atoms with Crippen LogP contribution in [-0.2, 0) is 6.18 Å². The van der Waals surface area contributed by atoms with Crippen LogP contribution < -0.4 is 10.6 Å². The molecule has 122 valence electrons. The zero-order valence-electron chi connectivity index (χ0n) is 12.0. The van der Waals surface area contributed by atoms with Gasteiger partial charge in [0.2, 0.25) is 0 Å². The average Bonchev–Trinajstić information content (AvgIpc) is 2.93. The number of carbonyl (C=O) groups is 1.